The molecule has 9 nitrogen and oxygen atoms in total. The first-order valence-corrected chi connectivity index (χ1v) is 15.3. The van der Waals surface area contributed by atoms with Gasteiger partial charge in [-0.15, -0.1) is 0 Å². The number of halogens is 2. The third-order valence-electron chi connectivity index (χ3n) is 8.81. The number of ether oxygens (including phenoxy) is 1. The molecule has 5 heterocycles. The molecule has 0 radical (unpaired) electrons. The lowest BCUT2D eigenvalue weighted by atomic mass is 10.0. The van der Waals surface area contributed by atoms with Gasteiger partial charge in [0.1, 0.15) is 23.3 Å². The van der Waals surface area contributed by atoms with Crippen molar-refractivity contribution in [2.45, 2.75) is 45.0 Å². The molecule has 0 aliphatic carbocycles. The number of piperazine rings is 1. The third-order valence-corrected chi connectivity index (χ3v) is 9.04. The minimum Gasteiger partial charge on any atom is -0.478 e. The van der Waals surface area contributed by atoms with Crippen LogP contribution >= 0.6 is 11.6 Å². The highest BCUT2D eigenvalue weighted by Crippen LogP contribution is 2.31. The van der Waals surface area contributed by atoms with Gasteiger partial charge in [0.25, 0.3) is 0 Å². The maximum absolute atomic E-state index is 14.6. The number of anilines is 2. The largest absolute Gasteiger partial charge is 0.478 e. The van der Waals surface area contributed by atoms with Crippen molar-refractivity contribution >= 4 is 40.2 Å². The molecule has 0 unspecified atom stereocenters. The number of fused-ring (bicyclic) bond motifs is 2. The normalized spacial score (nSPS) is 19.0. The van der Waals surface area contributed by atoms with E-state index in [1.807, 2.05) is 0 Å². The van der Waals surface area contributed by atoms with Gasteiger partial charge in [-0.2, -0.15) is 0 Å². The van der Waals surface area contributed by atoms with Gasteiger partial charge in [-0.25, -0.2) is 19.2 Å². The Kier molecular flexibility index (Phi) is 7.67. The molecule has 1 N–H and O–H groups in total. The molecular formula is C32H34ClFN6O3. The summed E-state index contributed by atoms with van der Waals surface area (Å²) in [5.41, 5.74) is 3.72. The summed E-state index contributed by atoms with van der Waals surface area (Å²) in [5, 5.41) is 9.93. The molecular weight excluding hydrogens is 571 g/mol. The van der Waals surface area contributed by atoms with Crippen molar-refractivity contribution in [3.8, 4) is 0 Å². The second kappa shape index (κ2) is 11.7. The van der Waals surface area contributed by atoms with E-state index in [1.165, 1.54) is 11.6 Å². The summed E-state index contributed by atoms with van der Waals surface area (Å²) in [6, 6.07) is 14.3. The Bertz CT molecular complexity index is 1670. The van der Waals surface area contributed by atoms with E-state index >= 15 is 0 Å². The highest BCUT2D eigenvalue weighted by Gasteiger charge is 2.26. The van der Waals surface area contributed by atoms with Crippen LogP contribution in [-0.4, -0.2) is 75.9 Å². The van der Waals surface area contributed by atoms with Gasteiger partial charge in [0.15, 0.2) is 0 Å². The van der Waals surface area contributed by atoms with Crippen LogP contribution in [0.25, 0.3) is 11.0 Å². The highest BCUT2D eigenvalue weighted by molar-refractivity contribution is 6.30. The fourth-order valence-corrected chi connectivity index (χ4v) is 6.44. The summed E-state index contributed by atoms with van der Waals surface area (Å²) in [7, 11) is 0. The Morgan fingerprint density at radius 3 is 2.60 bits per heavy atom. The van der Waals surface area contributed by atoms with Gasteiger partial charge < -0.3 is 24.2 Å². The molecule has 2 aromatic carbocycles. The summed E-state index contributed by atoms with van der Waals surface area (Å²) in [5.74, 6) is 1.58. The smallest absolute Gasteiger partial charge is 0.335 e. The number of imidazole rings is 1. The molecule has 2 aromatic heterocycles. The molecule has 4 aromatic rings. The molecule has 2 saturated heterocycles. The lowest BCUT2D eigenvalue weighted by molar-refractivity contribution is -0.0592. The van der Waals surface area contributed by atoms with E-state index < -0.39 is 5.97 Å². The number of aryl methyl sites for hydroxylation is 1. The van der Waals surface area contributed by atoms with Gasteiger partial charge in [-0.3, -0.25) is 4.90 Å². The maximum Gasteiger partial charge on any atom is 0.335 e. The predicted molar refractivity (Wildman–Crippen MR) is 164 cm³/mol. The number of carboxylic acids is 1. The number of carbonyl (C=O) groups is 1. The zero-order valence-corrected chi connectivity index (χ0v) is 24.6. The summed E-state index contributed by atoms with van der Waals surface area (Å²) in [4.78, 5) is 28.5. The fraction of sp³-hybridized carbons (Fsp3) is 0.406. The SMILES string of the molecule is O=C(O)c1ccc2nc(CN3CCN(c4ccc5c(n4)N(Cc4ccc(Cl)cc4F)CCC5)CC3)n(C[C@@H]3CCO3)c2c1. The van der Waals surface area contributed by atoms with Crippen LogP contribution in [0.5, 0.6) is 0 Å². The summed E-state index contributed by atoms with van der Waals surface area (Å²) in [6.07, 6.45) is 3.11. The third kappa shape index (κ3) is 5.79. The molecule has 11 heteroatoms. The van der Waals surface area contributed by atoms with Crippen LogP contribution in [0.15, 0.2) is 48.5 Å². The average molecular weight is 605 g/mol. The van der Waals surface area contributed by atoms with Crippen LogP contribution in [0.2, 0.25) is 5.02 Å². The fourth-order valence-electron chi connectivity index (χ4n) is 6.29. The number of nitrogens with zero attached hydrogens (tertiary/aromatic N) is 6. The van der Waals surface area contributed by atoms with E-state index in [2.05, 4.69) is 31.4 Å². The average Bonchev–Trinajstić information content (AvgIpc) is 3.32. The molecule has 3 aliphatic rings. The van der Waals surface area contributed by atoms with Crippen molar-refractivity contribution in [3.05, 3.63) is 81.9 Å². The lowest BCUT2D eigenvalue weighted by Gasteiger charge is -2.37. The molecule has 224 valence electrons. The van der Waals surface area contributed by atoms with Crippen molar-refractivity contribution in [1.29, 1.82) is 0 Å². The van der Waals surface area contributed by atoms with Crippen LogP contribution in [0, 0.1) is 5.82 Å². The van der Waals surface area contributed by atoms with Crippen molar-refractivity contribution in [3.63, 3.8) is 0 Å². The monoisotopic (exact) mass is 604 g/mol. The second-order valence-electron chi connectivity index (χ2n) is 11.6. The molecule has 7 rings (SSSR count). The van der Waals surface area contributed by atoms with E-state index in [0.717, 1.165) is 87.1 Å². The number of hydrogen-bond donors (Lipinski definition) is 1. The number of benzene rings is 2. The van der Waals surface area contributed by atoms with Crippen LogP contribution in [0.4, 0.5) is 16.0 Å². The minimum atomic E-state index is -0.941. The molecule has 43 heavy (non-hydrogen) atoms. The standard InChI is InChI=1S/C32H34ClFN6O3/c33-24-6-3-23(26(34)17-24)18-39-10-1-2-21-5-8-29(36-31(21)39)38-13-11-37(12-14-38)20-30-35-27-7-4-22(32(41)42)16-28(27)40(30)19-25-9-15-43-25/h3-8,16-17,25H,1-2,9-15,18-20H2,(H,41,42)/t25-/m0/s1. The quantitative estimate of drug-likeness (QED) is 0.301. The number of aromatic nitrogens is 3. The van der Waals surface area contributed by atoms with Crippen LogP contribution in [-0.2, 0) is 30.8 Å². The van der Waals surface area contributed by atoms with Gasteiger partial charge in [-0.1, -0.05) is 23.7 Å². The van der Waals surface area contributed by atoms with Gasteiger partial charge in [0.05, 0.1) is 35.8 Å². The highest BCUT2D eigenvalue weighted by atomic mass is 35.5. The first-order valence-electron chi connectivity index (χ1n) is 14.9. The van der Waals surface area contributed by atoms with Gasteiger partial charge in [0, 0.05) is 56.5 Å². The Balaban J connectivity index is 1.05. The molecule has 0 saturated carbocycles. The van der Waals surface area contributed by atoms with Gasteiger partial charge in [-0.05, 0) is 61.2 Å². The lowest BCUT2D eigenvalue weighted by Crippen LogP contribution is -2.46. The van der Waals surface area contributed by atoms with E-state index in [9.17, 15) is 14.3 Å². The zero-order valence-electron chi connectivity index (χ0n) is 23.9. The van der Waals surface area contributed by atoms with Crippen LogP contribution in [0.1, 0.15) is 40.2 Å². The number of pyridine rings is 1. The number of hydrogen-bond acceptors (Lipinski definition) is 7. The molecule has 1 atom stereocenters. The minimum absolute atomic E-state index is 0.132. The van der Waals surface area contributed by atoms with Crippen LogP contribution < -0.4 is 9.80 Å². The molecule has 0 spiro atoms. The molecule has 3 aliphatic heterocycles. The van der Waals surface area contributed by atoms with Gasteiger partial charge in [0.2, 0.25) is 0 Å². The first kappa shape index (κ1) is 28.1. The molecule has 0 bridgehead atoms. The van der Waals surface area contributed by atoms with E-state index in [1.54, 1.807) is 30.3 Å². The molecule has 0 amide bonds. The Morgan fingerprint density at radius 2 is 1.86 bits per heavy atom. The van der Waals surface area contributed by atoms with Crippen molar-refractivity contribution in [2.24, 2.45) is 0 Å². The summed E-state index contributed by atoms with van der Waals surface area (Å²) >= 11 is 5.97. The number of carboxylic acid groups (broad SMARTS) is 1. The van der Waals surface area contributed by atoms with Crippen molar-refractivity contribution in [2.75, 3.05) is 49.1 Å². The topological polar surface area (TPSA) is 87.0 Å². The Labute approximate surface area is 254 Å². The predicted octanol–water partition coefficient (Wildman–Crippen LogP) is 4.99. The van der Waals surface area contributed by atoms with E-state index in [0.29, 0.717) is 30.2 Å². The van der Waals surface area contributed by atoms with Crippen LogP contribution in [0.3, 0.4) is 0 Å². The van der Waals surface area contributed by atoms with E-state index in [-0.39, 0.29) is 17.5 Å². The Hall–Kier alpha value is -3.73. The zero-order chi connectivity index (χ0) is 29.5. The Morgan fingerprint density at radius 1 is 1.02 bits per heavy atom. The molecule has 2 fully saturated rings. The number of rotatable bonds is 8. The number of aromatic carboxylic acids is 1. The van der Waals surface area contributed by atoms with E-state index in [4.69, 9.17) is 26.3 Å². The van der Waals surface area contributed by atoms with Crippen molar-refractivity contribution in [1.82, 2.24) is 19.4 Å². The van der Waals surface area contributed by atoms with Gasteiger partial charge >= 0.3 is 5.97 Å². The first-order chi connectivity index (χ1) is 20.9. The second-order valence-corrected chi connectivity index (χ2v) is 12.0. The summed E-state index contributed by atoms with van der Waals surface area (Å²) in [6.45, 7) is 6.76. The maximum atomic E-state index is 14.6. The summed E-state index contributed by atoms with van der Waals surface area (Å²) < 4.78 is 22.4. The van der Waals surface area contributed by atoms with Crippen molar-refractivity contribution < 1.29 is 19.0 Å².